The predicted octanol–water partition coefficient (Wildman–Crippen LogP) is 2.70. The Morgan fingerprint density at radius 2 is 2.08 bits per heavy atom. The summed E-state index contributed by atoms with van der Waals surface area (Å²) in [6, 6.07) is 3.69. The molecule has 2 N–H and O–H groups in total. The highest BCUT2D eigenvalue weighted by Gasteiger charge is 2.18. The number of alkyl halides is 2. The molecule has 1 saturated heterocycles. The van der Waals surface area contributed by atoms with Gasteiger partial charge in [0.25, 0.3) is 5.91 Å². The number of hydrogen-bond donors (Lipinski definition) is 2. The minimum absolute atomic E-state index is 0. The lowest BCUT2D eigenvalue weighted by Crippen LogP contribution is -2.42. The molecule has 1 fully saturated rings. The zero-order chi connectivity index (χ0) is 17.1. The SMILES string of the molecule is O=C(NC1CCNCC1)c1cnc2cc(OC(F)F)c(F)cc2c1.[HH]. The lowest BCUT2D eigenvalue weighted by atomic mass is 10.1. The van der Waals surface area contributed by atoms with Crippen LogP contribution in [0.4, 0.5) is 13.2 Å². The van der Waals surface area contributed by atoms with Gasteiger partial charge in [0.1, 0.15) is 0 Å². The zero-order valence-corrected chi connectivity index (χ0v) is 12.7. The smallest absolute Gasteiger partial charge is 0.387 e. The van der Waals surface area contributed by atoms with Crippen LogP contribution in [0.2, 0.25) is 0 Å². The van der Waals surface area contributed by atoms with Crippen LogP contribution in [-0.2, 0) is 0 Å². The molecule has 0 radical (unpaired) electrons. The molecule has 0 unspecified atom stereocenters. The minimum Gasteiger partial charge on any atom is -0.432 e. The molecule has 1 aliphatic rings. The molecule has 1 amide bonds. The number of fused-ring (bicyclic) bond motifs is 1. The monoisotopic (exact) mass is 341 g/mol. The Morgan fingerprint density at radius 1 is 1.33 bits per heavy atom. The third-order valence-electron chi connectivity index (χ3n) is 3.89. The zero-order valence-electron chi connectivity index (χ0n) is 12.7. The first-order valence-corrected chi connectivity index (χ1v) is 7.58. The molecule has 0 bridgehead atoms. The number of benzene rings is 1. The van der Waals surface area contributed by atoms with Gasteiger partial charge >= 0.3 is 6.61 Å². The number of nitrogens with one attached hydrogen (secondary N) is 2. The van der Waals surface area contributed by atoms with E-state index in [0.29, 0.717) is 10.9 Å². The number of carbonyl (C=O) groups excluding carboxylic acids is 1. The van der Waals surface area contributed by atoms with Crippen molar-refractivity contribution < 1.29 is 24.1 Å². The van der Waals surface area contributed by atoms with Gasteiger partial charge in [-0.1, -0.05) is 0 Å². The van der Waals surface area contributed by atoms with Gasteiger partial charge < -0.3 is 15.4 Å². The van der Waals surface area contributed by atoms with Crippen molar-refractivity contribution in [3.63, 3.8) is 0 Å². The molecule has 0 atom stereocenters. The van der Waals surface area contributed by atoms with E-state index in [1.165, 1.54) is 12.3 Å². The van der Waals surface area contributed by atoms with Gasteiger partial charge in [0.15, 0.2) is 11.6 Å². The van der Waals surface area contributed by atoms with Crippen LogP contribution in [0.15, 0.2) is 24.4 Å². The van der Waals surface area contributed by atoms with Crippen LogP contribution in [0.1, 0.15) is 24.6 Å². The molecular formula is C16H18F3N3O2. The average molecular weight is 341 g/mol. The van der Waals surface area contributed by atoms with Gasteiger partial charge in [-0.25, -0.2) is 4.39 Å². The number of carbonyl (C=O) groups is 1. The van der Waals surface area contributed by atoms with E-state index < -0.39 is 18.2 Å². The van der Waals surface area contributed by atoms with Crippen molar-refractivity contribution in [1.82, 2.24) is 15.6 Å². The number of rotatable bonds is 4. The minimum atomic E-state index is -3.12. The summed E-state index contributed by atoms with van der Waals surface area (Å²) in [6.07, 6.45) is 3.02. The Kier molecular flexibility index (Phi) is 4.84. The van der Waals surface area contributed by atoms with Gasteiger partial charge in [0, 0.05) is 25.1 Å². The van der Waals surface area contributed by atoms with Gasteiger partial charge in [-0.2, -0.15) is 8.78 Å². The molecule has 2 aromatic rings. The second-order valence-corrected chi connectivity index (χ2v) is 5.58. The molecule has 1 aromatic carbocycles. The first-order chi connectivity index (χ1) is 11.5. The molecule has 0 aliphatic carbocycles. The quantitative estimate of drug-likeness (QED) is 0.898. The molecule has 3 rings (SSSR count). The Hall–Kier alpha value is -2.35. The lowest BCUT2D eigenvalue weighted by Gasteiger charge is -2.23. The van der Waals surface area contributed by atoms with Gasteiger partial charge in [-0.05, 0) is 38.1 Å². The van der Waals surface area contributed by atoms with Crippen molar-refractivity contribution in [2.24, 2.45) is 0 Å². The van der Waals surface area contributed by atoms with Crippen LogP contribution in [0.25, 0.3) is 10.9 Å². The molecule has 0 spiro atoms. The molecule has 130 valence electrons. The van der Waals surface area contributed by atoms with Gasteiger partial charge in [0.05, 0.1) is 11.1 Å². The number of piperidine rings is 1. The largest absolute Gasteiger partial charge is 0.432 e. The fraction of sp³-hybridized carbons (Fsp3) is 0.375. The highest BCUT2D eigenvalue weighted by atomic mass is 19.3. The number of ether oxygens (including phenoxy) is 1. The molecule has 0 saturated carbocycles. The number of amides is 1. The van der Waals surface area contributed by atoms with Crippen molar-refractivity contribution in [3.8, 4) is 5.75 Å². The summed E-state index contributed by atoms with van der Waals surface area (Å²) in [5, 5.41) is 6.46. The van der Waals surface area contributed by atoms with E-state index >= 15 is 0 Å². The topological polar surface area (TPSA) is 63.2 Å². The summed E-state index contributed by atoms with van der Waals surface area (Å²) in [5.41, 5.74) is 0.563. The Labute approximate surface area is 137 Å². The number of pyridine rings is 1. The summed E-state index contributed by atoms with van der Waals surface area (Å²) in [7, 11) is 0. The van der Waals surface area contributed by atoms with E-state index in [4.69, 9.17) is 0 Å². The van der Waals surface area contributed by atoms with Crippen molar-refractivity contribution in [1.29, 1.82) is 0 Å². The Bertz CT molecular complexity index is 755. The molecule has 1 aliphatic heterocycles. The summed E-state index contributed by atoms with van der Waals surface area (Å²) in [5.74, 6) is -1.79. The highest BCUT2D eigenvalue weighted by molar-refractivity contribution is 5.97. The molecular weight excluding hydrogens is 323 g/mol. The van der Waals surface area contributed by atoms with E-state index in [1.807, 2.05) is 0 Å². The fourth-order valence-electron chi connectivity index (χ4n) is 2.67. The number of nitrogens with zero attached hydrogens (tertiary/aromatic N) is 1. The van der Waals surface area contributed by atoms with E-state index in [1.54, 1.807) is 0 Å². The standard InChI is InChI=1S/C16H16F3N3O2.H2/c17-12-6-9-5-10(15(23)22-11-1-3-20-4-2-11)8-21-13(9)7-14(12)24-16(18)19;/h5-8,11,16,20H,1-4H2,(H,22,23);1H. The van der Waals surface area contributed by atoms with Crippen LogP contribution in [0, 0.1) is 5.82 Å². The molecule has 24 heavy (non-hydrogen) atoms. The number of hydrogen-bond acceptors (Lipinski definition) is 4. The summed E-state index contributed by atoms with van der Waals surface area (Å²) >= 11 is 0. The third-order valence-corrected chi connectivity index (χ3v) is 3.89. The number of aromatic nitrogens is 1. The van der Waals surface area contributed by atoms with Crippen molar-refractivity contribution in [3.05, 3.63) is 35.8 Å². The van der Waals surface area contributed by atoms with Crippen molar-refractivity contribution in [2.45, 2.75) is 25.5 Å². The molecule has 8 heteroatoms. The summed E-state index contributed by atoms with van der Waals surface area (Å²) in [4.78, 5) is 16.3. The molecule has 2 heterocycles. The van der Waals surface area contributed by atoms with Crippen LogP contribution >= 0.6 is 0 Å². The van der Waals surface area contributed by atoms with E-state index in [2.05, 4.69) is 20.4 Å². The Balaban J connectivity index is 0.00000225. The maximum atomic E-state index is 13.8. The normalized spacial score (nSPS) is 15.7. The second kappa shape index (κ2) is 7.04. The van der Waals surface area contributed by atoms with Crippen molar-refractivity contribution in [2.75, 3.05) is 13.1 Å². The molecule has 5 nitrogen and oxygen atoms in total. The summed E-state index contributed by atoms with van der Waals surface area (Å²) < 4.78 is 42.3. The van der Waals surface area contributed by atoms with Crippen LogP contribution < -0.4 is 15.4 Å². The van der Waals surface area contributed by atoms with E-state index in [0.717, 1.165) is 38.1 Å². The van der Waals surface area contributed by atoms with Crippen molar-refractivity contribution >= 4 is 16.8 Å². The summed E-state index contributed by atoms with van der Waals surface area (Å²) in [6.45, 7) is -1.43. The van der Waals surface area contributed by atoms with Crippen LogP contribution in [-0.4, -0.2) is 36.6 Å². The first kappa shape index (κ1) is 16.5. The maximum absolute atomic E-state index is 13.8. The maximum Gasteiger partial charge on any atom is 0.387 e. The third kappa shape index (κ3) is 3.76. The average Bonchev–Trinajstić information content (AvgIpc) is 2.55. The van der Waals surface area contributed by atoms with Gasteiger partial charge in [-0.15, -0.1) is 0 Å². The predicted molar refractivity (Wildman–Crippen MR) is 83.8 cm³/mol. The van der Waals surface area contributed by atoms with Gasteiger partial charge in [-0.3, -0.25) is 9.78 Å². The van der Waals surface area contributed by atoms with E-state index in [-0.39, 0.29) is 18.9 Å². The van der Waals surface area contributed by atoms with Crippen LogP contribution in [0.5, 0.6) is 5.75 Å². The first-order valence-electron chi connectivity index (χ1n) is 7.58. The molecule has 1 aromatic heterocycles. The van der Waals surface area contributed by atoms with Crippen LogP contribution in [0.3, 0.4) is 0 Å². The lowest BCUT2D eigenvalue weighted by molar-refractivity contribution is -0.0520. The highest BCUT2D eigenvalue weighted by Crippen LogP contribution is 2.25. The fourth-order valence-corrected chi connectivity index (χ4v) is 2.67. The second-order valence-electron chi connectivity index (χ2n) is 5.58. The Morgan fingerprint density at radius 3 is 2.79 bits per heavy atom. The number of halogens is 3. The van der Waals surface area contributed by atoms with E-state index in [9.17, 15) is 18.0 Å². The van der Waals surface area contributed by atoms with Gasteiger partial charge in [0.2, 0.25) is 0 Å².